The first-order valence-electron chi connectivity index (χ1n) is 10.8. The van der Waals surface area contributed by atoms with E-state index >= 15 is 0 Å². The Hall–Kier alpha value is -3.93. The first-order valence-corrected chi connectivity index (χ1v) is 10.8. The van der Waals surface area contributed by atoms with Crippen molar-refractivity contribution in [3.8, 4) is 17.1 Å². The Morgan fingerprint density at radius 2 is 1.61 bits per heavy atom. The van der Waals surface area contributed by atoms with Crippen LogP contribution in [0.15, 0.2) is 72.8 Å². The van der Waals surface area contributed by atoms with E-state index in [-0.39, 0.29) is 23.4 Å². The number of ether oxygens (including phenoxy) is 1. The van der Waals surface area contributed by atoms with Crippen LogP contribution in [0.2, 0.25) is 0 Å². The molecule has 1 heterocycles. The number of hydrogen-bond donors (Lipinski definition) is 1. The lowest BCUT2D eigenvalue weighted by Gasteiger charge is -2.19. The zero-order chi connectivity index (χ0) is 23.6. The Labute approximate surface area is 192 Å². The molecule has 6 heteroatoms. The molecule has 1 N–H and O–H groups in total. The number of aryl methyl sites for hydroxylation is 1. The first kappa shape index (κ1) is 22.3. The summed E-state index contributed by atoms with van der Waals surface area (Å²) in [4.78, 5) is 28.5. The number of hydrogen-bond acceptors (Lipinski definition) is 4. The molecule has 0 aliphatic rings. The van der Waals surface area contributed by atoms with Crippen molar-refractivity contribution in [1.29, 1.82) is 0 Å². The Morgan fingerprint density at radius 3 is 2.24 bits per heavy atom. The lowest BCUT2D eigenvalue weighted by molar-refractivity contribution is -0.134. The highest BCUT2D eigenvalue weighted by molar-refractivity contribution is 5.88. The smallest absolute Gasteiger partial charge is 0.335 e. The van der Waals surface area contributed by atoms with Gasteiger partial charge in [-0.15, -0.1) is 0 Å². The van der Waals surface area contributed by atoms with E-state index in [0.717, 1.165) is 16.6 Å². The van der Waals surface area contributed by atoms with Crippen LogP contribution in [-0.2, 0) is 16.8 Å². The molecule has 168 valence electrons. The molecule has 0 saturated heterocycles. The normalized spacial score (nSPS) is 11.5. The number of benzene rings is 3. The molecule has 0 radical (unpaired) electrons. The molecule has 0 aliphatic heterocycles. The van der Waals surface area contributed by atoms with Gasteiger partial charge in [0.1, 0.15) is 11.6 Å². The predicted octanol–water partition coefficient (Wildman–Crippen LogP) is 5.69. The lowest BCUT2D eigenvalue weighted by Crippen LogP contribution is -2.13. The van der Waals surface area contributed by atoms with Crippen molar-refractivity contribution in [2.45, 2.75) is 39.2 Å². The topological polar surface area (TPSA) is 81.4 Å². The van der Waals surface area contributed by atoms with Crippen LogP contribution in [-0.4, -0.2) is 26.6 Å². The number of carbonyl (C=O) groups is 2. The van der Waals surface area contributed by atoms with Gasteiger partial charge in [-0.2, -0.15) is 0 Å². The van der Waals surface area contributed by atoms with E-state index in [1.54, 1.807) is 24.3 Å². The number of aromatic carboxylic acids is 1. The van der Waals surface area contributed by atoms with Crippen LogP contribution >= 0.6 is 0 Å². The molecule has 0 spiro atoms. The molecular formula is C27H26N2O4. The van der Waals surface area contributed by atoms with Crippen LogP contribution in [0.5, 0.6) is 5.75 Å². The average molecular weight is 443 g/mol. The summed E-state index contributed by atoms with van der Waals surface area (Å²) in [6.45, 7) is 6.79. The molecule has 0 unspecified atom stereocenters. The van der Waals surface area contributed by atoms with Gasteiger partial charge in [0.05, 0.1) is 23.0 Å². The fraction of sp³-hybridized carbons (Fsp3) is 0.222. The second-order valence-electron chi connectivity index (χ2n) is 8.96. The van der Waals surface area contributed by atoms with E-state index in [4.69, 9.17) is 14.8 Å². The molecule has 33 heavy (non-hydrogen) atoms. The minimum atomic E-state index is -0.978. The van der Waals surface area contributed by atoms with Crippen molar-refractivity contribution in [1.82, 2.24) is 9.55 Å². The molecule has 0 saturated carbocycles. The van der Waals surface area contributed by atoms with Crippen LogP contribution in [0.4, 0.5) is 0 Å². The van der Waals surface area contributed by atoms with Gasteiger partial charge in [0, 0.05) is 12.1 Å². The number of carboxylic acids is 1. The van der Waals surface area contributed by atoms with Gasteiger partial charge < -0.3 is 14.4 Å². The van der Waals surface area contributed by atoms with Crippen LogP contribution in [0, 0.1) is 0 Å². The maximum Gasteiger partial charge on any atom is 0.335 e. The fourth-order valence-corrected chi connectivity index (χ4v) is 3.69. The van der Waals surface area contributed by atoms with E-state index in [1.807, 2.05) is 53.1 Å². The van der Waals surface area contributed by atoms with Gasteiger partial charge >= 0.3 is 11.9 Å². The number of aromatic nitrogens is 2. The minimum absolute atomic E-state index is 0.0318. The van der Waals surface area contributed by atoms with Crippen LogP contribution < -0.4 is 4.74 Å². The lowest BCUT2D eigenvalue weighted by atomic mass is 9.87. The summed E-state index contributed by atoms with van der Waals surface area (Å²) in [5, 5.41) is 9.16. The van der Waals surface area contributed by atoms with Gasteiger partial charge in [-0.25, -0.2) is 9.78 Å². The molecule has 0 aliphatic carbocycles. The summed E-state index contributed by atoms with van der Waals surface area (Å²) in [5.74, 6) is -0.111. The van der Waals surface area contributed by atoms with Crippen molar-refractivity contribution in [2.24, 2.45) is 0 Å². The summed E-state index contributed by atoms with van der Waals surface area (Å²) in [7, 11) is 0. The number of rotatable bonds is 6. The monoisotopic (exact) mass is 442 g/mol. The van der Waals surface area contributed by atoms with Gasteiger partial charge in [0.15, 0.2) is 0 Å². The summed E-state index contributed by atoms with van der Waals surface area (Å²) in [6.07, 6.45) is 0.168. The molecule has 0 bridgehead atoms. The standard InChI is InChI=1S/C27H26N2O4/c1-27(2,3)20-12-14-21(15-13-20)33-24(30)16-17-29-23-7-5-4-6-22(23)28-25(29)18-8-10-19(11-9-18)26(31)32/h4-15H,16-17H2,1-3H3,(H,31,32). The maximum atomic E-state index is 12.6. The minimum Gasteiger partial charge on any atom is -0.478 e. The number of esters is 1. The van der Waals surface area contributed by atoms with Crippen molar-refractivity contribution < 1.29 is 19.4 Å². The number of fused-ring (bicyclic) bond motifs is 1. The Kier molecular flexibility index (Phi) is 6.01. The third-order valence-corrected chi connectivity index (χ3v) is 5.54. The molecule has 3 aromatic carbocycles. The van der Waals surface area contributed by atoms with E-state index in [0.29, 0.717) is 18.1 Å². The highest BCUT2D eigenvalue weighted by Crippen LogP contribution is 2.27. The van der Waals surface area contributed by atoms with Gasteiger partial charge in [0.2, 0.25) is 0 Å². The van der Waals surface area contributed by atoms with E-state index in [2.05, 4.69) is 20.8 Å². The summed E-state index contributed by atoms with van der Waals surface area (Å²) in [6, 6.07) is 21.9. The second kappa shape index (κ2) is 8.90. The number of para-hydroxylation sites is 2. The Bertz CT molecular complexity index is 1300. The zero-order valence-electron chi connectivity index (χ0n) is 18.9. The Balaban J connectivity index is 1.54. The molecule has 4 aromatic rings. The number of imidazole rings is 1. The highest BCUT2D eigenvalue weighted by atomic mass is 16.5. The first-order chi connectivity index (χ1) is 15.7. The summed E-state index contributed by atoms with van der Waals surface area (Å²) in [5.41, 5.74) is 3.90. The third kappa shape index (κ3) is 4.95. The van der Waals surface area contributed by atoms with Gasteiger partial charge in [-0.05, 0) is 47.4 Å². The Morgan fingerprint density at radius 1 is 0.939 bits per heavy atom. The number of carboxylic acid groups (broad SMARTS) is 1. The van der Waals surface area contributed by atoms with Crippen LogP contribution in [0.3, 0.4) is 0 Å². The molecule has 0 atom stereocenters. The van der Waals surface area contributed by atoms with Crippen molar-refractivity contribution in [3.63, 3.8) is 0 Å². The maximum absolute atomic E-state index is 12.6. The molecular weight excluding hydrogens is 416 g/mol. The predicted molar refractivity (Wildman–Crippen MR) is 128 cm³/mol. The van der Waals surface area contributed by atoms with Crippen LogP contribution in [0.25, 0.3) is 22.4 Å². The van der Waals surface area contributed by atoms with Gasteiger partial charge in [-0.1, -0.05) is 57.2 Å². The summed E-state index contributed by atoms with van der Waals surface area (Å²) >= 11 is 0. The molecule has 0 amide bonds. The third-order valence-electron chi connectivity index (χ3n) is 5.54. The van der Waals surface area contributed by atoms with Crippen LogP contribution in [0.1, 0.15) is 43.1 Å². The van der Waals surface area contributed by atoms with Crippen molar-refractivity contribution in [2.75, 3.05) is 0 Å². The second-order valence-corrected chi connectivity index (χ2v) is 8.96. The molecule has 0 fully saturated rings. The van der Waals surface area contributed by atoms with Gasteiger partial charge in [0.25, 0.3) is 0 Å². The van der Waals surface area contributed by atoms with E-state index in [1.165, 1.54) is 5.56 Å². The number of carbonyl (C=O) groups excluding carboxylic acids is 1. The van der Waals surface area contributed by atoms with E-state index in [9.17, 15) is 9.59 Å². The average Bonchev–Trinajstić information content (AvgIpc) is 3.16. The van der Waals surface area contributed by atoms with E-state index < -0.39 is 5.97 Å². The zero-order valence-corrected chi connectivity index (χ0v) is 18.9. The molecule has 6 nitrogen and oxygen atoms in total. The van der Waals surface area contributed by atoms with Crippen molar-refractivity contribution >= 4 is 23.0 Å². The quantitative estimate of drug-likeness (QED) is 0.306. The summed E-state index contributed by atoms with van der Waals surface area (Å²) < 4.78 is 7.51. The number of nitrogens with zero attached hydrogens (tertiary/aromatic N) is 2. The largest absolute Gasteiger partial charge is 0.478 e. The molecule has 1 aromatic heterocycles. The van der Waals surface area contributed by atoms with Crippen molar-refractivity contribution in [3.05, 3.63) is 83.9 Å². The van der Waals surface area contributed by atoms with Gasteiger partial charge in [-0.3, -0.25) is 4.79 Å². The molecule has 4 rings (SSSR count). The fourth-order valence-electron chi connectivity index (χ4n) is 3.69. The SMILES string of the molecule is CC(C)(C)c1ccc(OC(=O)CCn2c(-c3ccc(C(=O)O)cc3)nc3ccccc32)cc1. The highest BCUT2D eigenvalue weighted by Gasteiger charge is 2.16.